The van der Waals surface area contributed by atoms with Crippen LogP contribution in [0.3, 0.4) is 0 Å². The molecule has 0 spiro atoms. The highest BCUT2D eigenvalue weighted by molar-refractivity contribution is 8.00. The van der Waals surface area contributed by atoms with Crippen LogP contribution < -0.4 is 4.57 Å². The van der Waals surface area contributed by atoms with Crippen LogP contribution >= 0.6 is 11.8 Å². The number of fused-ring (bicyclic) bond motifs is 5. The van der Waals surface area contributed by atoms with E-state index in [0.717, 1.165) is 12.8 Å². The minimum Gasteiger partial charge on any atom is -0.311 e. The van der Waals surface area contributed by atoms with Gasteiger partial charge in [-0.1, -0.05) is 74.5 Å². The molecule has 1 aliphatic heterocycles. The van der Waals surface area contributed by atoms with E-state index in [0.29, 0.717) is 0 Å². The van der Waals surface area contributed by atoms with E-state index in [-0.39, 0.29) is 5.41 Å². The summed E-state index contributed by atoms with van der Waals surface area (Å²) >= 11 is 1.96. The van der Waals surface area contributed by atoms with Gasteiger partial charge in [-0.15, -0.1) is 0 Å². The number of hydrogen-bond acceptors (Lipinski definition) is 1. The Morgan fingerprint density at radius 3 is 2.36 bits per heavy atom. The third kappa shape index (κ3) is 4.21. The summed E-state index contributed by atoms with van der Waals surface area (Å²) in [4.78, 5) is 6.69. The maximum atomic E-state index is 7.75. The zero-order chi connectivity index (χ0) is 27.9. The predicted octanol–water partition coefficient (Wildman–Crippen LogP) is 9.55. The van der Waals surface area contributed by atoms with Crippen molar-refractivity contribution >= 4 is 44.1 Å². The number of rotatable bonds is 3. The molecular weight excluding hydrogens is 492 g/mol. The van der Waals surface area contributed by atoms with Crippen LogP contribution in [0, 0.1) is 25.8 Å². The van der Waals surface area contributed by atoms with Crippen LogP contribution in [0.25, 0.3) is 48.4 Å². The van der Waals surface area contributed by atoms with Crippen molar-refractivity contribution in [3.63, 3.8) is 0 Å². The highest BCUT2D eigenvalue weighted by Gasteiger charge is 2.34. The number of aromatic nitrogens is 1. The number of hydrogen-bond donors (Lipinski definition) is 0. The van der Waals surface area contributed by atoms with Crippen LogP contribution in [0.15, 0.2) is 64.5 Å². The standard InChI is InChI=1S/C36H37N2S/c1-21-13-14-25-27(17-21)22(2)30-33-32-26(15-16-38(33)9)31-23(11-10-12-24(31)19-36(6,7)37-8)18-29(32)39-34(30)28(25)20-35(3,4)5/h10-18H,19-20H2,1-7,9H3/q+1. The van der Waals surface area contributed by atoms with E-state index in [2.05, 4.69) is 106 Å². The van der Waals surface area contributed by atoms with Crippen LogP contribution in [-0.2, 0) is 19.9 Å². The Morgan fingerprint density at radius 2 is 1.64 bits per heavy atom. The Labute approximate surface area is 236 Å². The Morgan fingerprint density at radius 1 is 0.872 bits per heavy atom. The number of aryl methyl sites for hydroxylation is 3. The molecule has 0 atom stereocenters. The normalized spacial score (nSPS) is 13.2. The molecule has 0 fully saturated rings. The van der Waals surface area contributed by atoms with Crippen LogP contribution in [0.1, 0.15) is 56.9 Å². The SMILES string of the molecule is [C-]#[N+]C(C)(C)Cc1cccc2cc3c4c([n+](C)ccc4c12)-c1c(c(CC(C)(C)C)c2ccc(C)cc2c1C)S3. The average molecular weight is 530 g/mol. The van der Waals surface area contributed by atoms with Crippen molar-refractivity contribution in [2.75, 3.05) is 0 Å². The molecule has 3 heteroatoms. The second-order valence-corrected chi connectivity index (χ2v) is 14.3. The summed E-state index contributed by atoms with van der Waals surface area (Å²) in [6.07, 6.45) is 4.00. The zero-order valence-corrected chi connectivity index (χ0v) is 25.2. The van der Waals surface area contributed by atoms with Crippen LogP contribution in [-0.4, -0.2) is 5.54 Å². The van der Waals surface area contributed by atoms with E-state index in [1.54, 1.807) is 0 Å². The smallest absolute Gasteiger partial charge is 0.231 e. The quantitative estimate of drug-likeness (QED) is 0.126. The molecule has 0 unspecified atom stereocenters. The van der Waals surface area contributed by atoms with Crippen molar-refractivity contribution in [1.29, 1.82) is 0 Å². The van der Waals surface area contributed by atoms with E-state index in [4.69, 9.17) is 6.57 Å². The van der Waals surface area contributed by atoms with Gasteiger partial charge in [-0.2, -0.15) is 0 Å². The van der Waals surface area contributed by atoms with Gasteiger partial charge in [0, 0.05) is 35.1 Å². The fraction of sp³-hybridized carbons (Fsp3) is 0.333. The maximum Gasteiger partial charge on any atom is 0.231 e. The van der Waals surface area contributed by atoms with Gasteiger partial charge in [0.2, 0.25) is 11.2 Å². The van der Waals surface area contributed by atoms with Gasteiger partial charge in [-0.3, -0.25) is 0 Å². The molecule has 0 amide bonds. The first-order valence-corrected chi connectivity index (χ1v) is 14.7. The summed E-state index contributed by atoms with van der Waals surface area (Å²) in [5.41, 5.74) is 7.83. The molecule has 4 aromatic carbocycles. The fourth-order valence-electron chi connectivity index (χ4n) is 6.45. The molecule has 0 radical (unpaired) electrons. The molecule has 2 nitrogen and oxygen atoms in total. The second kappa shape index (κ2) is 8.83. The molecule has 39 heavy (non-hydrogen) atoms. The van der Waals surface area contributed by atoms with Crippen molar-refractivity contribution in [1.82, 2.24) is 0 Å². The second-order valence-electron chi connectivity index (χ2n) is 13.3. The molecule has 2 heterocycles. The highest BCUT2D eigenvalue weighted by Crippen LogP contribution is 2.53. The first-order valence-electron chi connectivity index (χ1n) is 13.9. The highest BCUT2D eigenvalue weighted by atomic mass is 32.2. The number of nitrogens with zero attached hydrogens (tertiary/aromatic N) is 2. The molecule has 1 aromatic heterocycles. The Bertz CT molecular complexity index is 1880. The van der Waals surface area contributed by atoms with E-state index >= 15 is 0 Å². The zero-order valence-electron chi connectivity index (χ0n) is 24.4. The minimum atomic E-state index is -0.435. The molecule has 5 aromatic rings. The van der Waals surface area contributed by atoms with Crippen LogP contribution in [0.4, 0.5) is 0 Å². The lowest BCUT2D eigenvalue weighted by molar-refractivity contribution is -0.659. The molecule has 6 rings (SSSR count). The summed E-state index contributed by atoms with van der Waals surface area (Å²) in [7, 11) is 2.19. The van der Waals surface area contributed by atoms with Gasteiger partial charge in [-0.25, -0.2) is 11.1 Å². The summed E-state index contributed by atoms with van der Waals surface area (Å²) in [5.74, 6) is 0. The predicted molar refractivity (Wildman–Crippen MR) is 167 cm³/mol. The van der Waals surface area contributed by atoms with Crippen LogP contribution in [0.2, 0.25) is 0 Å². The van der Waals surface area contributed by atoms with Gasteiger partial charge < -0.3 is 4.85 Å². The molecule has 0 N–H and O–H groups in total. The molecule has 0 aliphatic carbocycles. The lowest BCUT2D eigenvalue weighted by Gasteiger charge is -2.28. The van der Waals surface area contributed by atoms with E-state index < -0.39 is 5.54 Å². The number of benzene rings is 4. The Balaban J connectivity index is 1.77. The third-order valence-electron chi connectivity index (χ3n) is 8.17. The third-order valence-corrected chi connectivity index (χ3v) is 9.37. The molecule has 196 valence electrons. The van der Waals surface area contributed by atoms with Crippen LogP contribution in [0.5, 0.6) is 0 Å². The summed E-state index contributed by atoms with van der Waals surface area (Å²) in [6, 6.07) is 18.3. The van der Waals surface area contributed by atoms with Gasteiger partial charge in [0.25, 0.3) is 0 Å². The topological polar surface area (TPSA) is 8.24 Å². The van der Waals surface area contributed by atoms with Crippen molar-refractivity contribution < 1.29 is 4.57 Å². The molecule has 0 saturated carbocycles. The monoisotopic (exact) mass is 529 g/mol. The first kappa shape index (κ1) is 25.9. The lowest BCUT2D eigenvalue weighted by atomic mass is 9.82. The van der Waals surface area contributed by atoms with E-state index in [1.807, 2.05) is 25.6 Å². The van der Waals surface area contributed by atoms with Gasteiger partial charge in [-0.05, 0) is 70.0 Å². The van der Waals surface area contributed by atoms with E-state index in [9.17, 15) is 0 Å². The number of pyridine rings is 1. The van der Waals surface area contributed by atoms with Gasteiger partial charge >= 0.3 is 0 Å². The average Bonchev–Trinajstić information content (AvgIpc) is 2.87. The summed E-state index contributed by atoms with van der Waals surface area (Å²) in [5, 5.41) is 7.96. The Kier molecular flexibility index (Phi) is 5.87. The van der Waals surface area contributed by atoms with Gasteiger partial charge in [0.15, 0.2) is 6.20 Å². The van der Waals surface area contributed by atoms with E-state index in [1.165, 1.54) is 75.6 Å². The molecular formula is C36H37N2S+. The fourth-order valence-corrected chi connectivity index (χ4v) is 7.82. The summed E-state index contributed by atoms with van der Waals surface area (Å²) < 4.78 is 2.33. The van der Waals surface area contributed by atoms with Gasteiger partial charge in [0.05, 0.1) is 17.4 Å². The lowest BCUT2D eigenvalue weighted by Crippen LogP contribution is -2.32. The largest absolute Gasteiger partial charge is 0.311 e. The van der Waals surface area contributed by atoms with Gasteiger partial charge in [0.1, 0.15) is 7.05 Å². The van der Waals surface area contributed by atoms with Crippen molar-refractivity contribution in [3.8, 4) is 11.3 Å². The van der Waals surface area contributed by atoms with Crippen molar-refractivity contribution in [2.45, 2.75) is 76.6 Å². The maximum absolute atomic E-state index is 7.75. The Hall–Kier alpha value is -3.35. The molecule has 1 aliphatic rings. The first-order chi connectivity index (χ1) is 18.4. The molecule has 0 saturated heterocycles. The summed E-state index contributed by atoms with van der Waals surface area (Å²) in [6.45, 7) is 23.4. The van der Waals surface area contributed by atoms with Crippen molar-refractivity contribution in [2.24, 2.45) is 12.5 Å². The minimum absolute atomic E-state index is 0.171. The molecule has 0 bridgehead atoms. The van der Waals surface area contributed by atoms with Crippen molar-refractivity contribution in [3.05, 3.63) is 88.4 Å².